The summed E-state index contributed by atoms with van der Waals surface area (Å²) in [6.45, 7) is 3.62. The Balaban J connectivity index is 1.43. The number of aryl methyl sites for hydroxylation is 1. The molecule has 1 saturated heterocycles. The molecule has 156 valence electrons. The van der Waals surface area contributed by atoms with E-state index in [4.69, 9.17) is 4.74 Å². The number of urea groups is 1. The highest BCUT2D eigenvalue weighted by Crippen LogP contribution is 2.18. The Morgan fingerprint density at radius 3 is 2.28 bits per heavy atom. The number of nitrogens with zero attached hydrogens (tertiary/aromatic N) is 2. The van der Waals surface area contributed by atoms with Gasteiger partial charge in [-0.25, -0.2) is 17.6 Å². The fourth-order valence-corrected chi connectivity index (χ4v) is 4.38. The maximum atomic E-state index is 13.0. The zero-order valence-corrected chi connectivity index (χ0v) is 17.0. The standard InChI is InChI=1S/C20H24FN3O4S/c1-16-2-6-18(7-3-16)28-15-10-22-20(25)23-11-13-24(14-12-23)29(26,27)19-8-4-17(21)5-9-19/h2-9H,10-15H2,1H3,(H,22,25). The summed E-state index contributed by atoms with van der Waals surface area (Å²) in [5, 5.41) is 2.78. The number of rotatable bonds is 6. The molecule has 0 radical (unpaired) electrons. The van der Waals surface area contributed by atoms with Crippen LogP contribution in [-0.2, 0) is 10.0 Å². The summed E-state index contributed by atoms with van der Waals surface area (Å²) < 4.78 is 45.1. The van der Waals surface area contributed by atoms with E-state index in [1.165, 1.54) is 16.4 Å². The van der Waals surface area contributed by atoms with E-state index in [2.05, 4.69) is 5.32 Å². The fourth-order valence-electron chi connectivity index (χ4n) is 2.96. The summed E-state index contributed by atoms with van der Waals surface area (Å²) in [5.41, 5.74) is 1.14. The number of amides is 2. The minimum absolute atomic E-state index is 0.0463. The van der Waals surface area contributed by atoms with Crippen molar-refractivity contribution in [3.8, 4) is 5.75 Å². The largest absolute Gasteiger partial charge is 0.492 e. The first-order valence-corrected chi connectivity index (χ1v) is 10.8. The van der Waals surface area contributed by atoms with Crippen molar-refractivity contribution in [3.05, 3.63) is 59.9 Å². The zero-order chi connectivity index (χ0) is 20.9. The molecular weight excluding hydrogens is 397 g/mol. The maximum absolute atomic E-state index is 13.0. The van der Waals surface area contributed by atoms with Gasteiger partial charge < -0.3 is 15.0 Å². The van der Waals surface area contributed by atoms with Gasteiger partial charge in [-0.2, -0.15) is 4.31 Å². The number of piperazine rings is 1. The third kappa shape index (κ3) is 5.45. The molecular formula is C20H24FN3O4S. The van der Waals surface area contributed by atoms with Crippen LogP contribution >= 0.6 is 0 Å². The van der Waals surface area contributed by atoms with Gasteiger partial charge >= 0.3 is 6.03 Å². The van der Waals surface area contributed by atoms with Crippen LogP contribution in [0.3, 0.4) is 0 Å². The Labute approximate surface area is 170 Å². The highest BCUT2D eigenvalue weighted by molar-refractivity contribution is 7.89. The number of benzene rings is 2. The molecule has 1 N–H and O–H groups in total. The highest BCUT2D eigenvalue weighted by Gasteiger charge is 2.30. The summed E-state index contributed by atoms with van der Waals surface area (Å²) in [6, 6.07) is 12.1. The topological polar surface area (TPSA) is 79.0 Å². The second-order valence-corrected chi connectivity index (χ2v) is 8.68. The molecule has 0 aliphatic carbocycles. The molecule has 0 atom stereocenters. The summed E-state index contributed by atoms with van der Waals surface area (Å²) >= 11 is 0. The molecule has 2 aromatic carbocycles. The second kappa shape index (κ2) is 9.23. The van der Waals surface area contributed by atoms with Gasteiger partial charge in [0.2, 0.25) is 10.0 Å². The van der Waals surface area contributed by atoms with Gasteiger partial charge in [0, 0.05) is 26.2 Å². The van der Waals surface area contributed by atoms with Crippen LogP contribution in [-0.4, -0.2) is 63.0 Å². The van der Waals surface area contributed by atoms with Gasteiger partial charge in [-0.05, 0) is 43.3 Å². The first-order chi connectivity index (χ1) is 13.9. The van der Waals surface area contributed by atoms with Crippen LogP contribution in [0.15, 0.2) is 53.4 Å². The van der Waals surface area contributed by atoms with Crippen molar-refractivity contribution in [2.24, 2.45) is 0 Å². The number of halogens is 1. The van der Waals surface area contributed by atoms with E-state index in [0.29, 0.717) is 13.2 Å². The first-order valence-electron chi connectivity index (χ1n) is 9.34. The Kier molecular flexibility index (Phi) is 6.71. The SMILES string of the molecule is Cc1ccc(OCCNC(=O)N2CCN(S(=O)(=O)c3ccc(F)cc3)CC2)cc1. The molecule has 0 spiro atoms. The number of hydrogen-bond acceptors (Lipinski definition) is 4. The fraction of sp³-hybridized carbons (Fsp3) is 0.350. The smallest absolute Gasteiger partial charge is 0.317 e. The lowest BCUT2D eigenvalue weighted by atomic mass is 10.2. The van der Waals surface area contributed by atoms with Gasteiger partial charge in [-0.3, -0.25) is 0 Å². The minimum Gasteiger partial charge on any atom is -0.492 e. The van der Waals surface area contributed by atoms with Crippen molar-refractivity contribution >= 4 is 16.1 Å². The van der Waals surface area contributed by atoms with E-state index >= 15 is 0 Å². The summed E-state index contributed by atoms with van der Waals surface area (Å²) in [7, 11) is -3.69. The average molecular weight is 421 g/mol. The molecule has 0 bridgehead atoms. The van der Waals surface area contributed by atoms with Crippen molar-refractivity contribution in [1.29, 1.82) is 0 Å². The molecule has 9 heteroatoms. The van der Waals surface area contributed by atoms with Crippen LogP contribution in [0.2, 0.25) is 0 Å². The van der Waals surface area contributed by atoms with Crippen molar-refractivity contribution in [3.63, 3.8) is 0 Å². The van der Waals surface area contributed by atoms with Crippen LogP contribution in [0.1, 0.15) is 5.56 Å². The predicted octanol–water partition coefficient (Wildman–Crippen LogP) is 2.23. The Bertz CT molecular complexity index is 925. The molecule has 1 fully saturated rings. The molecule has 2 aromatic rings. The van der Waals surface area contributed by atoms with Gasteiger partial charge in [0.05, 0.1) is 11.4 Å². The molecule has 1 aliphatic rings. The van der Waals surface area contributed by atoms with Gasteiger partial charge in [0.25, 0.3) is 0 Å². The molecule has 29 heavy (non-hydrogen) atoms. The number of nitrogens with one attached hydrogen (secondary N) is 1. The third-order valence-corrected chi connectivity index (χ3v) is 6.56. The molecule has 1 heterocycles. The number of carbonyl (C=O) groups excluding carboxylic acids is 1. The van der Waals surface area contributed by atoms with E-state index in [1.54, 1.807) is 4.90 Å². The van der Waals surface area contributed by atoms with Crippen molar-refractivity contribution in [2.45, 2.75) is 11.8 Å². The number of hydrogen-bond donors (Lipinski definition) is 1. The molecule has 0 aromatic heterocycles. The molecule has 0 saturated carbocycles. The molecule has 0 unspecified atom stereocenters. The van der Waals surface area contributed by atoms with E-state index in [-0.39, 0.29) is 37.1 Å². The van der Waals surface area contributed by atoms with E-state index in [9.17, 15) is 17.6 Å². The highest BCUT2D eigenvalue weighted by atomic mass is 32.2. The molecule has 7 nitrogen and oxygen atoms in total. The van der Waals surface area contributed by atoms with Crippen LogP contribution in [0.4, 0.5) is 9.18 Å². The third-order valence-electron chi connectivity index (χ3n) is 4.65. The van der Waals surface area contributed by atoms with Crippen LogP contribution in [0.5, 0.6) is 5.75 Å². The maximum Gasteiger partial charge on any atom is 0.317 e. The second-order valence-electron chi connectivity index (χ2n) is 6.74. The van der Waals surface area contributed by atoms with Gasteiger partial charge in [-0.15, -0.1) is 0 Å². The van der Waals surface area contributed by atoms with Gasteiger partial charge in [-0.1, -0.05) is 17.7 Å². The Morgan fingerprint density at radius 1 is 1.03 bits per heavy atom. The molecule has 3 rings (SSSR count). The molecule has 2 amide bonds. The zero-order valence-electron chi connectivity index (χ0n) is 16.2. The monoisotopic (exact) mass is 421 g/mol. The van der Waals surface area contributed by atoms with E-state index in [1.807, 2.05) is 31.2 Å². The Hall–Kier alpha value is -2.65. The lowest BCUT2D eigenvalue weighted by Crippen LogP contribution is -2.53. The minimum atomic E-state index is -3.69. The number of carbonyl (C=O) groups is 1. The lowest BCUT2D eigenvalue weighted by Gasteiger charge is -2.34. The summed E-state index contributed by atoms with van der Waals surface area (Å²) in [5.74, 6) is 0.251. The summed E-state index contributed by atoms with van der Waals surface area (Å²) in [6.07, 6.45) is 0. The van der Waals surface area contributed by atoms with E-state index < -0.39 is 15.8 Å². The van der Waals surface area contributed by atoms with E-state index in [0.717, 1.165) is 23.4 Å². The number of ether oxygens (including phenoxy) is 1. The predicted molar refractivity (Wildman–Crippen MR) is 107 cm³/mol. The molecule has 1 aliphatic heterocycles. The average Bonchev–Trinajstić information content (AvgIpc) is 2.73. The quantitative estimate of drug-likeness (QED) is 0.726. The van der Waals surface area contributed by atoms with Crippen molar-refractivity contribution in [1.82, 2.24) is 14.5 Å². The van der Waals surface area contributed by atoms with Crippen LogP contribution in [0.25, 0.3) is 0 Å². The van der Waals surface area contributed by atoms with Gasteiger partial charge in [0.1, 0.15) is 18.2 Å². The van der Waals surface area contributed by atoms with Crippen molar-refractivity contribution < 1.29 is 22.3 Å². The summed E-state index contributed by atoms with van der Waals surface area (Å²) in [4.78, 5) is 13.9. The van der Waals surface area contributed by atoms with Crippen LogP contribution in [0, 0.1) is 12.7 Å². The van der Waals surface area contributed by atoms with Crippen LogP contribution < -0.4 is 10.1 Å². The normalized spacial score (nSPS) is 15.2. The first kappa shape index (κ1) is 21.1. The van der Waals surface area contributed by atoms with Gasteiger partial charge in [0.15, 0.2) is 0 Å². The number of sulfonamides is 1. The van der Waals surface area contributed by atoms with Crippen molar-refractivity contribution in [2.75, 3.05) is 39.3 Å². The lowest BCUT2D eigenvalue weighted by molar-refractivity contribution is 0.170. The Morgan fingerprint density at radius 2 is 1.66 bits per heavy atom.